The van der Waals surface area contributed by atoms with Crippen molar-refractivity contribution < 1.29 is 13.2 Å². The Kier molecular flexibility index (Phi) is 7.14. The van der Waals surface area contributed by atoms with Crippen molar-refractivity contribution in [2.75, 3.05) is 20.2 Å². The first-order valence-corrected chi connectivity index (χ1v) is 9.20. The normalized spacial score (nSPS) is 22.0. The third-order valence-electron chi connectivity index (χ3n) is 3.87. The summed E-state index contributed by atoms with van der Waals surface area (Å²) in [6, 6.07) is 3.21. The van der Waals surface area contributed by atoms with Crippen LogP contribution in [0.4, 0.5) is 0 Å². The highest BCUT2D eigenvalue weighted by atomic mass is 79.9. The lowest BCUT2D eigenvalue weighted by atomic mass is 9.96. The molecular weight excluding hydrogens is 392 g/mol. The summed E-state index contributed by atoms with van der Waals surface area (Å²) >= 11 is 3.38. The fourth-order valence-electron chi connectivity index (χ4n) is 2.42. The number of piperidine rings is 1. The van der Waals surface area contributed by atoms with E-state index in [9.17, 15) is 8.42 Å². The van der Waals surface area contributed by atoms with E-state index in [4.69, 9.17) is 4.74 Å². The molecule has 0 saturated carbocycles. The Hall–Kier alpha value is -0.340. The maximum Gasteiger partial charge on any atom is 0.244 e. The average Bonchev–Trinajstić information content (AvgIpc) is 2.43. The Balaban J connectivity index is 0.00000242. The van der Waals surface area contributed by atoms with Crippen LogP contribution in [-0.2, 0) is 10.0 Å². The van der Waals surface area contributed by atoms with Crippen LogP contribution < -0.4 is 14.8 Å². The zero-order valence-electron chi connectivity index (χ0n) is 12.8. The van der Waals surface area contributed by atoms with Gasteiger partial charge in [0.2, 0.25) is 10.0 Å². The van der Waals surface area contributed by atoms with Crippen LogP contribution in [0.25, 0.3) is 0 Å². The molecule has 1 fully saturated rings. The summed E-state index contributed by atoms with van der Waals surface area (Å²) in [5.74, 6) is 0.667. The van der Waals surface area contributed by atoms with Gasteiger partial charge in [-0.25, -0.2) is 13.1 Å². The highest BCUT2D eigenvalue weighted by molar-refractivity contribution is 9.10. The number of sulfonamides is 1. The minimum Gasteiger partial charge on any atom is -0.495 e. The fraction of sp³-hybridized carbons (Fsp3) is 0.571. The first-order valence-electron chi connectivity index (χ1n) is 6.92. The fourth-order valence-corrected chi connectivity index (χ4v) is 4.43. The van der Waals surface area contributed by atoms with Crippen molar-refractivity contribution in [3.05, 3.63) is 22.2 Å². The van der Waals surface area contributed by atoms with Gasteiger partial charge in [-0.05, 0) is 43.5 Å². The van der Waals surface area contributed by atoms with Crippen molar-refractivity contribution in [1.29, 1.82) is 0 Å². The quantitative estimate of drug-likeness (QED) is 0.796. The Morgan fingerprint density at radius 2 is 2.09 bits per heavy atom. The van der Waals surface area contributed by atoms with Crippen LogP contribution in [0.2, 0.25) is 0 Å². The zero-order chi connectivity index (χ0) is 15.6. The molecule has 2 atom stereocenters. The van der Waals surface area contributed by atoms with Crippen LogP contribution in [-0.4, -0.2) is 34.7 Å². The number of hydrogen-bond acceptors (Lipinski definition) is 4. The summed E-state index contributed by atoms with van der Waals surface area (Å²) in [7, 11) is -2.14. The van der Waals surface area contributed by atoms with E-state index >= 15 is 0 Å². The van der Waals surface area contributed by atoms with Crippen molar-refractivity contribution in [2.45, 2.75) is 31.2 Å². The molecule has 1 heterocycles. The third-order valence-corrected chi connectivity index (χ3v) is 6.23. The van der Waals surface area contributed by atoms with Crippen LogP contribution in [0.1, 0.15) is 18.9 Å². The van der Waals surface area contributed by atoms with Crippen molar-refractivity contribution in [3.8, 4) is 5.75 Å². The zero-order valence-corrected chi connectivity index (χ0v) is 16.1. The van der Waals surface area contributed by atoms with E-state index in [-0.39, 0.29) is 23.3 Å². The average molecular weight is 414 g/mol. The molecule has 0 amide bonds. The summed E-state index contributed by atoms with van der Waals surface area (Å²) in [6.45, 7) is 5.54. The van der Waals surface area contributed by atoms with E-state index in [0.717, 1.165) is 23.0 Å². The Morgan fingerprint density at radius 3 is 2.68 bits per heavy atom. The van der Waals surface area contributed by atoms with Crippen LogP contribution >= 0.6 is 28.3 Å². The molecule has 0 bridgehead atoms. The van der Waals surface area contributed by atoms with E-state index in [1.165, 1.54) is 7.11 Å². The van der Waals surface area contributed by atoms with Crippen molar-refractivity contribution in [2.24, 2.45) is 5.92 Å². The van der Waals surface area contributed by atoms with Gasteiger partial charge in [0, 0.05) is 17.1 Å². The molecule has 2 rings (SSSR count). The van der Waals surface area contributed by atoms with Gasteiger partial charge in [0.25, 0.3) is 0 Å². The molecular formula is C14H22BrClN2O3S. The lowest BCUT2D eigenvalue weighted by molar-refractivity contribution is 0.326. The van der Waals surface area contributed by atoms with Gasteiger partial charge in [0.15, 0.2) is 0 Å². The number of halogens is 2. The molecule has 2 N–H and O–H groups in total. The number of methoxy groups -OCH3 is 1. The standard InChI is InChI=1S/C14H21BrN2O3S.ClH/c1-9-4-5-16-8-12(9)17-21(18,19)14-7-11(15)10(2)6-13(14)20-3;/h6-7,9,12,16-17H,4-5,8H2,1-3H3;1H. The highest BCUT2D eigenvalue weighted by Crippen LogP contribution is 2.30. The van der Waals surface area contributed by atoms with Gasteiger partial charge in [-0.3, -0.25) is 0 Å². The van der Waals surface area contributed by atoms with E-state index in [1.807, 2.05) is 6.92 Å². The second kappa shape index (κ2) is 7.97. The van der Waals surface area contributed by atoms with Gasteiger partial charge in [0.1, 0.15) is 10.6 Å². The smallest absolute Gasteiger partial charge is 0.244 e. The van der Waals surface area contributed by atoms with Crippen LogP contribution in [0, 0.1) is 12.8 Å². The molecule has 1 saturated heterocycles. The molecule has 1 aromatic carbocycles. The number of rotatable bonds is 4. The lowest BCUT2D eigenvalue weighted by Crippen LogP contribution is -2.50. The van der Waals surface area contributed by atoms with Gasteiger partial charge >= 0.3 is 0 Å². The van der Waals surface area contributed by atoms with Gasteiger partial charge < -0.3 is 10.1 Å². The second-order valence-corrected chi connectivity index (χ2v) is 7.99. The van der Waals surface area contributed by atoms with Gasteiger partial charge in [-0.1, -0.05) is 22.9 Å². The summed E-state index contributed by atoms with van der Waals surface area (Å²) in [5.41, 5.74) is 0.929. The Morgan fingerprint density at radius 1 is 1.41 bits per heavy atom. The molecule has 126 valence electrons. The number of hydrogen-bond donors (Lipinski definition) is 2. The lowest BCUT2D eigenvalue weighted by Gasteiger charge is -2.30. The number of aryl methyl sites for hydroxylation is 1. The highest BCUT2D eigenvalue weighted by Gasteiger charge is 2.28. The molecule has 1 aliphatic heterocycles. The molecule has 1 aromatic rings. The maximum atomic E-state index is 12.6. The minimum atomic E-state index is -3.62. The molecule has 1 aliphatic rings. The van der Waals surface area contributed by atoms with Crippen LogP contribution in [0.5, 0.6) is 5.75 Å². The van der Waals surface area contributed by atoms with Gasteiger partial charge in [0.05, 0.1) is 7.11 Å². The summed E-state index contributed by atoms with van der Waals surface area (Å²) in [6.07, 6.45) is 0.960. The topological polar surface area (TPSA) is 67.4 Å². The summed E-state index contributed by atoms with van der Waals surface area (Å²) in [4.78, 5) is 0.167. The first-order chi connectivity index (χ1) is 9.85. The van der Waals surface area contributed by atoms with Crippen LogP contribution in [0.3, 0.4) is 0 Å². The van der Waals surface area contributed by atoms with Crippen molar-refractivity contribution in [1.82, 2.24) is 10.0 Å². The van der Waals surface area contributed by atoms with E-state index in [2.05, 4.69) is 32.9 Å². The SMILES string of the molecule is COc1cc(C)c(Br)cc1S(=O)(=O)NC1CNCCC1C.Cl. The summed E-state index contributed by atoms with van der Waals surface area (Å²) in [5, 5.41) is 3.22. The van der Waals surface area contributed by atoms with E-state index < -0.39 is 10.0 Å². The molecule has 2 unspecified atom stereocenters. The van der Waals surface area contributed by atoms with Gasteiger partial charge in [-0.15, -0.1) is 12.4 Å². The molecule has 8 heteroatoms. The molecule has 0 aromatic heterocycles. The molecule has 0 aliphatic carbocycles. The first kappa shape index (κ1) is 19.7. The van der Waals surface area contributed by atoms with Crippen LogP contribution in [0.15, 0.2) is 21.5 Å². The number of benzene rings is 1. The van der Waals surface area contributed by atoms with E-state index in [0.29, 0.717) is 18.2 Å². The number of nitrogens with one attached hydrogen (secondary N) is 2. The Bertz CT molecular complexity index is 625. The molecule has 5 nitrogen and oxygen atoms in total. The molecule has 0 spiro atoms. The minimum absolute atomic E-state index is 0. The predicted molar refractivity (Wildman–Crippen MR) is 93.4 cm³/mol. The third kappa shape index (κ3) is 4.35. The van der Waals surface area contributed by atoms with E-state index in [1.54, 1.807) is 12.1 Å². The Labute approximate surface area is 146 Å². The van der Waals surface area contributed by atoms with Crippen molar-refractivity contribution in [3.63, 3.8) is 0 Å². The largest absolute Gasteiger partial charge is 0.495 e. The maximum absolute atomic E-state index is 12.6. The monoisotopic (exact) mass is 412 g/mol. The number of ether oxygens (including phenoxy) is 1. The molecule has 0 radical (unpaired) electrons. The second-order valence-electron chi connectivity index (χ2n) is 5.45. The summed E-state index contributed by atoms with van der Waals surface area (Å²) < 4.78 is 34.1. The van der Waals surface area contributed by atoms with Crippen molar-refractivity contribution >= 4 is 38.4 Å². The predicted octanol–water partition coefficient (Wildman–Crippen LogP) is 2.46. The van der Waals surface area contributed by atoms with Gasteiger partial charge in [-0.2, -0.15) is 0 Å². The molecule has 22 heavy (non-hydrogen) atoms.